The first-order valence-corrected chi connectivity index (χ1v) is 5.48. The molecule has 0 bridgehead atoms. The minimum atomic E-state index is -0.286. The summed E-state index contributed by atoms with van der Waals surface area (Å²) in [5.41, 5.74) is 0.962. The molecule has 15 heavy (non-hydrogen) atoms. The van der Waals surface area contributed by atoms with E-state index in [1.165, 1.54) is 0 Å². The maximum absolute atomic E-state index is 9.87. The summed E-state index contributed by atoms with van der Waals surface area (Å²) >= 11 is 0. The molecule has 0 amide bonds. The molecule has 1 aliphatic heterocycles. The zero-order valence-corrected chi connectivity index (χ0v) is 9.09. The Balaban J connectivity index is 1.78. The van der Waals surface area contributed by atoms with Gasteiger partial charge in [-0.15, -0.1) is 0 Å². The van der Waals surface area contributed by atoms with Gasteiger partial charge in [0.05, 0.1) is 11.8 Å². The minimum absolute atomic E-state index is 0.286. The van der Waals surface area contributed by atoms with E-state index in [9.17, 15) is 5.11 Å². The van der Waals surface area contributed by atoms with Gasteiger partial charge in [-0.3, -0.25) is 4.68 Å². The van der Waals surface area contributed by atoms with Crippen LogP contribution in [0.2, 0.25) is 0 Å². The Morgan fingerprint density at radius 3 is 3.20 bits per heavy atom. The quantitative estimate of drug-likeness (QED) is 0.797. The molecular weight excluding hydrogens is 192 g/mol. The second kappa shape index (κ2) is 4.77. The summed E-state index contributed by atoms with van der Waals surface area (Å²) in [6, 6.07) is 1.95. The van der Waals surface area contributed by atoms with Gasteiger partial charge in [0.2, 0.25) is 0 Å². The van der Waals surface area contributed by atoms with E-state index in [4.69, 9.17) is 4.74 Å². The first-order valence-electron chi connectivity index (χ1n) is 5.48. The zero-order valence-electron chi connectivity index (χ0n) is 9.09. The van der Waals surface area contributed by atoms with Crippen molar-refractivity contribution in [2.24, 2.45) is 13.0 Å². The smallest absolute Gasteiger partial charge is 0.0650 e. The van der Waals surface area contributed by atoms with Gasteiger partial charge < -0.3 is 9.84 Å². The lowest BCUT2D eigenvalue weighted by atomic mass is 9.98. The fourth-order valence-electron chi connectivity index (χ4n) is 2.05. The first kappa shape index (κ1) is 10.6. The molecule has 1 fully saturated rings. The molecule has 0 spiro atoms. The highest BCUT2D eigenvalue weighted by Gasteiger charge is 2.19. The van der Waals surface area contributed by atoms with Gasteiger partial charge in [-0.2, -0.15) is 5.10 Å². The zero-order chi connectivity index (χ0) is 10.7. The first-order chi connectivity index (χ1) is 7.24. The molecule has 2 rings (SSSR count). The molecule has 1 N–H and O–H groups in total. The summed E-state index contributed by atoms with van der Waals surface area (Å²) in [6.45, 7) is 1.65. The Labute approximate surface area is 89.9 Å². The molecule has 84 valence electrons. The number of aliphatic hydroxyl groups excluding tert-OH is 1. The van der Waals surface area contributed by atoms with Crippen molar-refractivity contribution >= 4 is 0 Å². The summed E-state index contributed by atoms with van der Waals surface area (Å²) in [7, 11) is 1.89. The Morgan fingerprint density at radius 2 is 2.60 bits per heavy atom. The second-order valence-electron chi connectivity index (χ2n) is 4.30. The van der Waals surface area contributed by atoms with Crippen LogP contribution < -0.4 is 0 Å². The predicted molar refractivity (Wildman–Crippen MR) is 56.5 cm³/mol. The fraction of sp³-hybridized carbons (Fsp3) is 0.727. The third-order valence-electron chi connectivity index (χ3n) is 2.84. The lowest BCUT2D eigenvalue weighted by Crippen LogP contribution is -2.16. The van der Waals surface area contributed by atoms with Crippen LogP contribution in [-0.4, -0.2) is 34.2 Å². The van der Waals surface area contributed by atoms with E-state index in [1.807, 2.05) is 19.3 Å². The Bertz CT molecular complexity index is 305. The van der Waals surface area contributed by atoms with Crippen LogP contribution in [0.1, 0.15) is 18.5 Å². The van der Waals surface area contributed by atoms with E-state index in [0.717, 1.165) is 31.7 Å². The normalized spacial score (nSPS) is 23.2. The second-order valence-corrected chi connectivity index (χ2v) is 4.30. The number of hydrogen-bond acceptors (Lipinski definition) is 3. The van der Waals surface area contributed by atoms with Crippen LogP contribution in [0, 0.1) is 5.92 Å². The van der Waals surface area contributed by atoms with Gasteiger partial charge in [-0.1, -0.05) is 0 Å². The van der Waals surface area contributed by atoms with E-state index in [0.29, 0.717) is 12.3 Å². The predicted octanol–water partition coefficient (Wildman–Crippen LogP) is 0.750. The molecule has 0 radical (unpaired) electrons. The number of ether oxygens (including phenoxy) is 1. The van der Waals surface area contributed by atoms with Crippen LogP contribution in [0.3, 0.4) is 0 Å². The van der Waals surface area contributed by atoms with Crippen molar-refractivity contribution in [3.05, 3.63) is 18.0 Å². The van der Waals surface area contributed by atoms with E-state index in [1.54, 1.807) is 4.68 Å². The molecule has 1 saturated heterocycles. The number of aliphatic hydroxyl groups is 1. The summed E-state index contributed by atoms with van der Waals surface area (Å²) in [4.78, 5) is 0. The van der Waals surface area contributed by atoms with E-state index in [-0.39, 0.29) is 6.10 Å². The van der Waals surface area contributed by atoms with Gasteiger partial charge in [0, 0.05) is 32.9 Å². The lowest BCUT2D eigenvalue weighted by molar-refractivity contribution is 0.128. The number of nitrogens with zero attached hydrogens (tertiary/aromatic N) is 2. The molecule has 1 aromatic rings. The minimum Gasteiger partial charge on any atom is -0.393 e. The summed E-state index contributed by atoms with van der Waals surface area (Å²) < 4.78 is 7.05. The van der Waals surface area contributed by atoms with Crippen molar-refractivity contribution in [1.29, 1.82) is 0 Å². The SMILES string of the molecule is Cn1ccc(CC(O)CC2CCOC2)n1. The molecule has 4 heteroatoms. The van der Waals surface area contributed by atoms with Gasteiger partial charge in [-0.25, -0.2) is 0 Å². The average molecular weight is 210 g/mol. The molecule has 0 saturated carbocycles. The van der Waals surface area contributed by atoms with Crippen LogP contribution in [0.15, 0.2) is 12.3 Å². The molecular formula is C11H18N2O2. The summed E-state index contributed by atoms with van der Waals surface area (Å²) in [5.74, 6) is 0.531. The number of aryl methyl sites for hydroxylation is 1. The summed E-state index contributed by atoms with van der Waals surface area (Å²) in [6.07, 6.45) is 4.18. The molecule has 2 atom stereocenters. The highest BCUT2D eigenvalue weighted by molar-refractivity contribution is 5.00. The molecule has 4 nitrogen and oxygen atoms in total. The van der Waals surface area contributed by atoms with Crippen LogP contribution in [0.5, 0.6) is 0 Å². The molecule has 2 heterocycles. The third-order valence-corrected chi connectivity index (χ3v) is 2.84. The maximum Gasteiger partial charge on any atom is 0.0650 e. The van der Waals surface area contributed by atoms with Crippen molar-refractivity contribution < 1.29 is 9.84 Å². The monoisotopic (exact) mass is 210 g/mol. The van der Waals surface area contributed by atoms with Gasteiger partial charge in [0.25, 0.3) is 0 Å². The molecule has 0 aliphatic carbocycles. The van der Waals surface area contributed by atoms with Crippen LogP contribution >= 0.6 is 0 Å². The molecule has 0 aromatic carbocycles. The Hall–Kier alpha value is -0.870. The fourth-order valence-corrected chi connectivity index (χ4v) is 2.05. The van der Waals surface area contributed by atoms with E-state index in [2.05, 4.69) is 5.10 Å². The maximum atomic E-state index is 9.87. The van der Waals surface area contributed by atoms with Crippen molar-refractivity contribution in [1.82, 2.24) is 9.78 Å². The van der Waals surface area contributed by atoms with Crippen LogP contribution in [0.4, 0.5) is 0 Å². The highest BCUT2D eigenvalue weighted by Crippen LogP contribution is 2.19. The van der Waals surface area contributed by atoms with Crippen molar-refractivity contribution in [2.75, 3.05) is 13.2 Å². The Kier molecular flexibility index (Phi) is 3.38. The average Bonchev–Trinajstić information content (AvgIpc) is 2.77. The number of aromatic nitrogens is 2. The van der Waals surface area contributed by atoms with Crippen molar-refractivity contribution in [3.63, 3.8) is 0 Å². The number of hydrogen-bond donors (Lipinski definition) is 1. The summed E-state index contributed by atoms with van der Waals surface area (Å²) in [5, 5.41) is 14.1. The molecule has 1 aliphatic rings. The standard InChI is InChI=1S/C11H18N2O2/c1-13-4-2-10(12-13)7-11(14)6-9-3-5-15-8-9/h2,4,9,11,14H,3,5-8H2,1H3. The van der Waals surface area contributed by atoms with Gasteiger partial charge in [-0.05, 0) is 24.8 Å². The topological polar surface area (TPSA) is 47.3 Å². The highest BCUT2D eigenvalue weighted by atomic mass is 16.5. The third kappa shape index (κ3) is 3.04. The lowest BCUT2D eigenvalue weighted by Gasteiger charge is -2.12. The van der Waals surface area contributed by atoms with Gasteiger partial charge in [0.1, 0.15) is 0 Å². The van der Waals surface area contributed by atoms with Gasteiger partial charge in [0.15, 0.2) is 0 Å². The molecule has 1 aromatic heterocycles. The van der Waals surface area contributed by atoms with Gasteiger partial charge >= 0.3 is 0 Å². The largest absolute Gasteiger partial charge is 0.393 e. The van der Waals surface area contributed by atoms with Crippen molar-refractivity contribution in [2.45, 2.75) is 25.4 Å². The number of rotatable bonds is 4. The molecule has 2 unspecified atom stereocenters. The van der Waals surface area contributed by atoms with E-state index >= 15 is 0 Å². The van der Waals surface area contributed by atoms with Crippen LogP contribution in [-0.2, 0) is 18.2 Å². The van der Waals surface area contributed by atoms with E-state index < -0.39 is 0 Å². The van der Waals surface area contributed by atoms with Crippen molar-refractivity contribution in [3.8, 4) is 0 Å². The Morgan fingerprint density at radius 1 is 1.73 bits per heavy atom. The van der Waals surface area contributed by atoms with Crippen LogP contribution in [0.25, 0.3) is 0 Å².